The van der Waals surface area contributed by atoms with Crippen LogP contribution < -0.4 is 4.90 Å². The van der Waals surface area contributed by atoms with Gasteiger partial charge in [0.15, 0.2) is 4.32 Å². The second-order valence-electron chi connectivity index (χ2n) is 6.44. The third-order valence-electron chi connectivity index (χ3n) is 4.37. The summed E-state index contributed by atoms with van der Waals surface area (Å²) in [5.74, 6) is -0.0592. The number of carboxylic acid groups (broad SMARTS) is 1. The molecule has 1 amide bonds. The number of thioether (sulfide) groups is 1. The standard InChI is InChI=1S/C22H15NO4S2/c1-13-3-2-4-16(11-13)23-20(24)19(29-22(23)28)12-17-9-10-18(27-17)14-5-7-15(8-6-14)21(25)26/h2-12H,1H3,(H,25,26)/b19-12-. The van der Waals surface area contributed by atoms with Crippen molar-refractivity contribution in [3.05, 3.63) is 82.5 Å². The molecule has 0 radical (unpaired) electrons. The Morgan fingerprint density at radius 3 is 2.59 bits per heavy atom. The largest absolute Gasteiger partial charge is 0.478 e. The quantitative estimate of drug-likeness (QED) is 0.452. The lowest BCUT2D eigenvalue weighted by molar-refractivity contribution is -0.113. The van der Waals surface area contributed by atoms with E-state index in [1.165, 1.54) is 28.8 Å². The molecule has 1 saturated heterocycles. The number of benzene rings is 2. The maximum Gasteiger partial charge on any atom is 0.335 e. The number of aromatic carboxylic acids is 1. The van der Waals surface area contributed by atoms with Crippen LogP contribution >= 0.6 is 24.0 Å². The molecule has 0 unspecified atom stereocenters. The highest BCUT2D eigenvalue weighted by molar-refractivity contribution is 8.27. The van der Waals surface area contributed by atoms with Crippen LogP contribution in [0.4, 0.5) is 5.69 Å². The van der Waals surface area contributed by atoms with Crippen molar-refractivity contribution >= 4 is 51.9 Å². The van der Waals surface area contributed by atoms with E-state index in [4.69, 9.17) is 21.7 Å². The van der Waals surface area contributed by atoms with E-state index >= 15 is 0 Å². The minimum Gasteiger partial charge on any atom is -0.478 e. The predicted molar refractivity (Wildman–Crippen MR) is 118 cm³/mol. The van der Waals surface area contributed by atoms with Crippen LogP contribution in [0.2, 0.25) is 0 Å². The molecule has 0 saturated carbocycles. The number of rotatable bonds is 4. The van der Waals surface area contributed by atoms with Crippen molar-refractivity contribution in [1.29, 1.82) is 0 Å². The first-order valence-corrected chi connectivity index (χ1v) is 9.93. The number of amides is 1. The van der Waals surface area contributed by atoms with E-state index in [2.05, 4.69) is 0 Å². The van der Waals surface area contributed by atoms with Gasteiger partial charge in [-0.1, -0.05) is 48.2 Å². The lowest BCUT2D eigenvalue weighted by Crippen LogP contribution is -2.27. The molecular formula is C22H15NO4S2. The molecule has 2 heterocycles. The Balaban J connectivity index is 1.58. The smallest absolute Gasteiger partial charge is 0.335 e. The van der Waals surface area contributed by atoms with Crippen LogP contribution in [-0.2, 0) is 4.79 Å². The second kappa shape index (κ2) is 7.69. The minimum atomic E-state index is -0.979. The Kier molecular flexibility index (Phi) is 5.08. The Morgan fingerprint density at radius 2 is 1.90 bits per heavy atom. The van der Waals surface area contributed by atoms with Gasteiger partial charge >= 0.3 is 5.97 Å². The third kappa shape index (κ3) is 3.87. The monoisotopic (exact) mass is 421 g/mol. The lowest BCUT2D eigenvalue weighted by Gasteiger charge is -2.14. The molecule has 0 aliphatic carbocycles. The summed E-state index contributed by atoms with van der Waals surface area (Å²) in [5.41, 5.74) is 2.75. The zero-order valence-corrected chi connectivity index (χ0v) is 16.9. The van der Waals surface area contributed by atoms with E-state index < -0.39 is 5.97 Å². The molecule has 1 aliphatic rings. The summed E-state index contributed by atoms with van der Waals surface area (Å²) < 4.78 is 6.30. The Hall–Kier alpha value is -3.16. The van der Waals surface area contributed by atoms with E-state index in [0.717, 1.165) is 16.8 Å². The highest BCUT2D eigenvalue weighted by atomic mass is 32.2. The van der Waals surface area contributed by atoms with Crippen LogP contribution in [0.15, 0.2) is 70.0 Å². The zero-order valence-electron chi connectivity index (χ0n) is 15.3. The van der Waals surface area contributed by atoms with Gasteiger partial charge in [0.1, 0.15) is 11.5 Å². The van der Waals surface area contributed by atoms with E-state index in [-0.39, 0.29) is 11.5 Å². The van der Waals surface area contributed by atoms with Crippen LogP contribution in [0.1, 0.15) is 21.7 Å². The third-order valence-corrected chi connectivity index (χ3v) is 5.67. The van der Waals surface area contributed by atoms with Crippen LogP contribution in [0.25, 0.3) is 17.4 Å². The Labute approximate surface area is 176 Å². The number of furan rings is 1. The predicted octanol–water partition coefficient (Wildman–Crippen LogP) is 5.36. The second-order valence-corrected chi connectivity index (χ2v) is 8.12. The van der Waals surface area contributed by atoms with Crippen LogP contribution in [0, 0.1) is 6.92 Å². The molecule has 5 nitrogen and oxygen atoms in total. The average molecular weight is 421 g/mol. The number of carboxylic acids is 1. The zero-order chi connectivity index (χ0) is 20.5. The molecule has 0 atom stereocenters. The summed E-state index contributed by atoms with van der Waals surface area (Å²) in [5, 5.41) is 8.99. The molecule has 0 bridgehead atoms. The normalized spacial score (nSPS) is 15.3. The topological polar surface area (TPSA) is 70.8 Å². The molecule has 7 heteroatoms. The number of anilines is 1. The number of aryl methyl sites for hydroxylation is 1. The molecule has 4 rings (SSSR count). The Bertz CT molecular complexity index is 1160. The fourth-order valence-electron chi connectivity index (χ4n) is 2.95. The van der Waals surface area contributed by atoms with Gasteiger partial charge in [-0.3, -0.25) is 9.69 Å². The van der Waals surface area contributed by atoms with E-state index in [0.29, 0.717) is 20.7 Å². The fourth-order valence-corrected chi connectivity index (χ4v) is 4.23. The Morgan fingerprint density at radius 1 is 1.14 bits per heavy atom. The van der Waals surface area contributed by atoms with Crippen LogP contribution in [-0.4, -0.2) is 21.3 Å². The highest BCUT2D eigenvalue weighted by Gasteiger charge is 2.33. The number of carbonyl (C=O) groups is 2. The SMILES string of the molecule is Cc1cccc(N2C(=O)/C(=C/c3ccc(-c4ccc(C(=O)O)cc4)o3)SC2=S)c1. The molecule has 0 spiro atoms. The summed E-state index contributed by atoms with van der Waals surface area (Å²) >= 11 is 6.63. The molecule has 1 fully saturated rings. The van der Waals surface area contributed by atoms with Crippen molar-refractivity contribution in [3.63, 3.8) is 0 Å². The summed E-state index contributed by atoms with van der Waals surface area (Å²) in [7, 11) is 0. The van der Waals surface area contributed by atoms with E-state index in [1.807, 2.05) is 31.2 Å². The molecule has 1 N–H and O–H groups in total. The van der Waals surface area contributed by atoms with Gasteiger partial charge < -0.3 is 9.52 Å². The molecule has 1 aliphatic heterocycles. The van der Waals surface area contributed by atoms with Crippen molar-refractivity contribution in [2.45, 2.75) is 6.92 Å². The number of hydrogen-bond acceptors (Lipinski definition) is 5. The van der Waals surface area contributed by atoms with E-state index in [9.17, 15) is 9.59 Å². The van der Waals surface area contributed by atoms with Gasteiger partial charge in [-0.2, -0.15) is 0 Å². The van der Waals surface area contributed by atoms with Gasteiger partial charge in [0.05, 0.1) is 16.2 Å². The van der Waals surface area contributed by atoms with Gasteiger partial charge in [-0.05, 0) is 48.9 Å². The summed E-state index contributed by atoms with van der Waals surface area (Å²) in [4.78, 5) is 25.8. The fraction of sp³-hybridized carbons (Fsp3) is 0.0455. The maximum absolute atomic E-state index is 12.9. The first-order chi connectivity index (χ1) is 13.9. The minimum absolute atomic E-state index is 0.186. The van der Waals surface area contributed by atoms with Crippen molar-refractivity contribution in [2.75, 3.05) is 4.90 Å². The van der Waals surface area contributed by atoms with Gasteiger partial charge in [-0.15, -0.1) is 0 Å². The molecular weight excluding hydrogens is 406 g/mol. The van der Waals surface area contributed by atoms with Crippen molar-refractivity contribution in [1.82, 2.24) is 0 Å². The molecule has 144 valence electrons. The molecule has 3 aromatic rings. The average Bonchev–Trinajstić information content (AvgIpc) is 3.26. The lowest BCUT2D eigenvalue weighted by atomic mass is 10.1. The first-order valence-electron chi connectivity index (χ1n) is 8.70. The molecule has 1 aromatic heterocycles. The van der Waals surface area contributed by atoms with Crippen LogP contribution in [0.5, 0.6) is 0 Å². The number of carbonyl (C=O) groups excluding carboxylic acids is 1. The first kappa shape index (κ1) is 19.2. The molecule has 2 aromatic carbocycles. The van der Waals surface area contributed by atoms with Crippen molar-refractivity contribution in [2.24, 2.45) is 0 Å². The number of nitrogens with zero attached hydrogens (tertiary/aromatic N) is 1. The van der Waals surface area contributed by atoms with Gasteiger partial charge in [0.25, 0.3) is 5.91 Å². The van der Waals surface area contributed by atoms with E-state index in [1.54, 1.807) is 30.3 Å². The van der Waals surface area contributed by atoms with Gasteiger partial charge in [0.2, 0.25) is 0 Å². The highest BCUT2D eigenvalue weighted by Crippen LogP contribution is 2.36. The summed E-state index contributed by atoms with van der Waals surface area (Å²) in [6, 6.07) is 17.6. The maximum atomic E-state index is 12.9. The number of hydrogen-bond donors (Lipinski definition) is 1. The van der Waals surface area contributed by atoms with Crippen molar-refractivity contribution < 1.29 is 19.1 Å². The summed E-state index contributed by atoms with van der Waals surface area (Å²) in [6.07, 6.45) is 1.67. The van der Waals surface area contributed by atoms with Gasteiger partial charge in [-0.25, -0.2) is 4.79 Å². The summed E-state index contributed by atoms with van der Waals surface area (Å²) in [6.45, 7) is 1.96. The number of thiocarbonyl (C=S) groups is 1. The van der Waals surface area contributed by atoms with Crippen LogP contribution in [0.3, 0.4) is 0 Å². The van der Waals surface area contributed by atoms with Gasteiger partial charge in [0, 0.05) is 11.6 Å². The van der Waals surface area contributed by atoms with Crippen molar-refractivity contribution in [3.8, 4) is 11.3 Å². The molecule has 29 heavy (non-hydrogen) atoms.